The largest absolute Gasteiger partial charge is 0.433 e. The summed E-state index contributed by atoms with van der Waals surface area (Å²) < 4.78 is 40.3. The molecule has 0 spiro atoms. The summed E-state index contributed by atoms with van der Waals surface area (Å²) in [5.74, 6) is 1.60. The third kappa shape index (κ3) is 3.27. The Morgan fingerprint density at radius 1 is 1.26 bits per heavy atom. The van der Waals surface area contributed by atoms with E-state index in [1.54, 1.807) is 4.68 Å². The number of hydrogen-bond acceptors (Lipinski definition) is 5. The van der Waals surface area contributed by atoms with Gasteiger partial charge in [-0.1, -0.05) is 0 Å². The summed E-state index contributed by atoms with van der Waals surface area (Å²) >= 11 is 0. The number of hydrogen-bond donors (Lipinski definition) is 0. The van der Waals surface area contributed by atoms with Gasteiger partial charge in [-0.15, -0.1) is 0 Å². The van der Waals surface area contributed by atoms with Gasteiger partial charge in [0.25, 0.3) is 0 Å². The van der Waals surface area contributed by atoms with E-state index in [0.29, 0.717) is 18.9 Å². The fourth-order valence-electron chi connectivity index (χ4n) is 2.87. The van der Waals surface area contributed by atoms with E-state index in [1.165, 1.54) is 0 Å². The molecule has 2 aromatic heterocycles. The molecule has 1 fully saturated rings. The van der Waals surface area contributed by atoms with Crippen LogP contribution in [0, 0.1) is 13.8 Å². The van der Waals surface area contributed by atoms with Gasteiger partial charge < -0.3 is 4.90 Å². The first-order valence-electron chi connectivity index (χ1n) is 7.39. The number of alkyl halides is 3. The van der Waals surface area contributed by atoms with Crippen molar-refractivity contribution in [3.8, 4) is 0 Å². The minimum Gasteiger partial charge on any atom is -0.336 e. The Hall–Kier alpha value is -2.19. The number of anilines is 1. The molecule has 2 aromatic rings. The lowest BCUT2D eigenvalue weighted by molar-refractivity contribution is -0.141. The zero-order valence-corrected chi connectivity index (χ0v) is 12.9. The van der Waals surface area contributed by atoms with Gasteiger partial charge in [-0.2, -0.15) is 18.3 Å². The Kier molecular flexibility index (Phi) is 3.95. The lowest BCUT2D eigenvalue weighted by Gasteiger charge is -2.25. The van der Waals surface area contributed by atoms with E-state index in [0.717, 1.165) is 30.9 Å². The normalized spacial score (nSPS) is 18.7. The summed E-state index contributed by atoms with van der Waals surface area (Å²) in [6, 6.07) is 0.901. The predicted octanol–water partition coefficient (Wildman–Crippen LogP) is 2.37. The molecule has 0 aliphatic carbocycles. The number of nitrogens with zero attached hydrogens (tertiary/aromatic N) is 6. The maximum absolute atomic E-state index is 12.8. The number of aryl methyl sites for hydroxylation is 2. The van der Waals surface area contributed by atoms with E-state index in [1.807, 2.05) is 18.7 Å². The highest BCUT2D eigenvalue weighted by Gasteiger charge is 2.34. The van der Waals surface area contributed by atoms with Crippen LogP contribution in [0.15, 0.2) is 12.3 Å². The molecule has 0 bridgehead atoms. The maximum Gasteiger partial charge on any atom is 0.433 e. The summed E-state index contributed by atoms with van der Waals surface area (Å²) in [7, 11) is 0. The summed E-state index contributed by atoms with van der Waals surface area (Å²) in [6.45, 7) is 4.87. The Morgan fingerprint density at radius 3 is 2.70 bits per heavy atom. The summed E-state index contributed by atoms with van der Waals surface area (Å²) in [4.78, 5) is 13.8. The van der Waals surface area contributed by atoms with Crippen LogP contribution in [0.3, 0.4) is 0 Å². The minimum atomic E-state index is -4.47. The molecule has 1 aliphatic rings. The van der Waals surface area contributed by atoms with Gasteiger partial charge in [-0.05, 0) is 32.8 Å². The fourth-order valence-corrected chi connectivity index (χ4v) is 2.87. The molecule has 23 heavy (non-hydrogen) atoms. The van der Waals surface area contributed by atoms with E-state index in [4.69, 9.17) is 0 Å². The number of aromatic nitrogens is 5. The van der Waals surface area contributed by atoms with Crippen molar-refractivity contribution >= 4 is 5.95 Å². The molecular weight excluding hydrogens is 309 g/mol. The smallest absolute Gasteiger partial charge is 0.336 e. The molecule has 1 atom stereocenters. The van der Waals surface area contributed by atoms with Gasteiger partial charge >= 0.3 is 6.18 Å². The van der Waals surface area contributed by atoms with E-state index >= 15 is 0 Å². The van der Waals surface area contributed by atoms with Crippen molar-refractivity contribution in [3.05, 3.63) is 29.6 Å². The molecule has 0 N–H and O–H groups in total. The molecular formula is C14H17F3N6. The van der Waals surface area contributed by atoms with Gasteiger partial charge in [0.05, 0.1) is 12.6 Å². The third-order valence-electron chi connectivity index (χ3n) is 3.91. The molecule has 1 aliphatic heterocycles. The van der Waals surface area contributed by atoms with Crippen LogP contribution < -0.4 is 4.90 Å². The molecule has 1 unspecified atom stereocenters. The summed E-state index contributed by atoms with van der Waals surface area (Å²) in [5, 5.41) is 4.32. The minimum absolute atomic E-state index is 0.0123. The van der Waals surface area contributed by atoms with Crippen molar-refractivity contribution in [1.82, 2.24) is 24.7 Å². The zero-order chi connectivity index (χ0) is 16.6. The average Bonchev–Trinajstić information content (AvgIpc) is 3.05. The lowest BCUT2D eigenvalue weighted by Crippen LogP contribution is -2.35. The van der Waals surface area contributed by atoms with Crippen LogP contribution >= 0.6 is 0 Å². The molecule has 0 amide bonds. The summed E-state index contributed by atoms with van der Waals surface area (Å²) in [6.07, 6.45) is -1.56. The van der Waals surface area contributed by atoms with Crippen molar-refractivity contribution in [1.29, 1.82) is 0 Å². The van der Waals surface area contributed by atoms with Crippen molar-refractivity contribution in [2.45, 2.75) is 45.5 Å². The second kappa shape index (κ2) is 5.78. The monoisotopic (exact) mass is 326 g/mol. The second-order valence-electron chi connectivity index (χ2n) is 5.62. The predicted molar refractivity (Wildman–Crippen MR) is 76.9 cm³/mol. The first kappa shape index (κ1) is 15.7. The van der Waals surface area contributed by atoms with Crippen LogP contribution in [-0.4, -0.2) is 37.3 Å². The van der Waals surface area contributed by atoms with Gasteiger partial charge in [0.1, 0.15) is 17.3 Å². The first-order chi connectivity index (χ1) is 10.8. The van der Waals surface area contributed by atoms with Crippen molar-refractivity contribution < 1.29 is 13.2 Å². The number of rotatable bonds is 3. The second-order valence-corrected chi connectivity index (χ2v) is 5.62. The molecule has 124 valence electrons. The van der Waals surface area contributed by atoms with Gasteiger partial charge in [-0.3, -0.25) is 0 Å². The van der Waals surface area contributed by atoms with Crippen LogP contribution in [0.5, 0.6) is 0 Å². The molecule has 0 aromatic carbocycles. The van der Waals surface area contributed by atoms with E-state index in [-0.39, 0.29) is 12.0 Å². The van der Waals surface area contributed by atoms with Gasteiger partial charge in [-0.25, -0.2) is 19.6 Å². The number of halogens is 3. The van der Waals surface area contributed by atoms with Gasteiger partial charge in [0.2, 0.25) is 5.95 Å². The lowest BCUT2D eigenvalue weighted by atomic mass is 10.2. The average molecular weight is 326 g/mol. The fraction of sp³-hybridized carbons (Fsp3) is 0.571. The van der Waals surface area contributed by atoms with Gasteiger partial charge in [0.15, 0.2) is 0 Å². The standard InChI is InChI=1S/C14H17F3N6/c1-9-19-10(2)23(21-9)8-11-4-3-7-22(11)13-18-6-5-12(20-13)14(15,16)17/h5-6,11H,3-4,7-8H2,1-2H3. The van der Waals surface area contributed by atoms with Crippen LogP contribution in [0.1, 0.15) is 30.2 Å². The van der Waals surface area contributed by atoms with E-state index < -0.39 is 11.9 Å². The molecule has 9 heteroatoms. The summed E-state index contributed by atoms with van der Waals surface area (Å²) in [5.41, 5.74) is -0.916. The quantitative estimate of drug-likeness (QED) is 0.867. The highest BCUT2D eigenvalue weighted by Crippen LogP contribution is 2.30. The molecule has 3 rings (SSSR count). The Morgan fingerprint density at radius 2 is 2.04 bits per heavy atom. The van der Waals surface area contributed by atoms with Crippen LogP contribution in [-0.2, 0) is 12.7 Å². The highest BCUT2D eigenvalue weighted by atomic mass is 19.4. The topological polar surface area (TPSA) is 59.7 Å². The molecule has 0 saturated carbocycles. The Labute approximate surface area is 131 Å². The highest BCUT2D eigenvalue weighted by molar-refractivity contribution is 5.34. The van der Waals surface area contributed by atoms with Crippen molar-refractivity contribution in [2.24, 2.45) is 0 Å². The maximum atomic E-state index is 12.8. The van der Waals surface area contributed by atoms with Crippen molar-refractivity contribution in [3.63, 3.8) is 0 Å². The Bertz CT molecular complexity index is 696. The molecule has 3 heterocycles. The van der Waals surface area contributed by atoms with E-state index in [9.17, 15) is 13.2 Å². The molecule has 6 nitrogen and oxygen atoms in total. The zero-order valence-electron chi connectivity index (χ0n) is 12.9. The van der Waals surface area contributed by atoms with Crippen LogP contribution in [0.4, 0.5) is 19.1 Å². The molecule has 0 radical (unpaired) electrons. The SMILES string of the molecule is Cc1nc(C)n(CC2CCCN2c2nccc(C(F)(F)F)n2)n1. The van der Waals surface area contributed by atoms with Crippen LogP contribution in [0.25, 0.3) is 0 Å². The van der Waals surface area contributed by atoms with E-state index in [2.05, 4.69) is 20.1 Å². The molecule has 1 saturated heterocycles. The third-order valence-corrected chi connectivity index (χ3v) is 3.91. The van der Waals surface area contributed by atoms with Gasteiger partial charge in [0, 0.05) is 12.7 Å². The Balaban J connectivity index is 1.83. The first-order valence-corrected chi connectivity index (χ1v) is 7.39. The van der Waals surface area contributed by atoms with Crippen molar-refractivity contribution in [2.75, 3.05) is 11.4 Å². The van der Waals surface area contributed by atoms with Crippen LogP contribution in [0.2, 0.25) is 0 Å².